The van der Waals surface area contributed by atoms with E-state index in [1.54, 1.807) is 18.0 Å². The number of aromatic nitrogens is 1. The molecule has 0 fully saturated rings. The first-order valence-electron chi connectivity index (χ1n) is 4.37. The Morgan fingerprint density at radius 2 is 2.43 bits per heavy atom. The normalized spacial score (nSPS) is 12.1. The number of rotatable bonds is 4. The summed E-state index contributed by atoms with van der Waals surface area (Å²) in [6.07, 6.45) is 2.16. The highest BCUT2D eigenvalue weighted by molar-refractivity contribution is 7.99. The highest BCUT2D eigenvalue weighted by Gasteiger charge is 2.10. The molecule has 0 spiro atoms. The Hall–Kier alpha value is -1.03. The van der Waals surface area contributed by atoms with E-state index < -0.39 is 0 Å². The van der Waals surface area contributed by atoms with Crippen LogP contribution in [-0.4, -0.2) is 23.3 Å². The number of thioether (sulfide) groups is 1. The summed E-state index contributed by atoms with van der Waals surface area (Å²) in [5.41, 5.74) is 0. The maximum absolute atomic E-state index is 11.0. The van der Waals surface area contributed by atoms with E-state index in [9.17, 15) is 4.79 Å². The van der Waals surface area contributed by atoms with Gasteiger partial charge in [0.2, 0.25) is 0 Å². The predicted molar refractivity (Wildman–Crippen MR) is 56.2 cm³/mol. The zero-order valence-electron chi connectivity index (χ0n) is 8.27. The van der Waals surface area contributed by atoms with Gasteiger partial charge in [-0.2, -0.15) is 0 Å². The Morgan fingerprint density at radius 1 is 1.64 bits per heavy atom. The first-order chi connectivity index (χ1) is 6.72. The van der Waals surface area contributed by atoms with Crippen LogP contribution in [0.2, 0.25) is 0 Å². The van der Waals surface area contributed by atoms with Gasteiger partial charge in [-0.15, -0.1) is 11.8 Å². The van der Waals surface area contributed by atoms with Crippen LogP contribution in [0.25, 0.3) is 0 Å². The predicted octanol–water partition coefficient (Wildman–Crippen LogP) is 2.13. The number of hydrogen-bond donors (Lipinski definition) is 0. The van der Waals surface area contributed by atoms with Gasteiger partial charge in [0.05, 0.1) is 18.6 Å². The molecule has 0 amide bonds. The van der Waals surface area contributed by atoms with Crippen molar-refractivity contribution in [3.05, 3.63) is 24.4 Å². The fourth-order valence-corrected chi connectivity index (χ4v) is 1.89. The van der Waals surface area contributed by atoms with Gasteiger partial charge in [-0.1, -0.05) is 13.0 Å². The smallest absolute Gasteiger partial charge is 0.306 e. The van der Waals surface area contributed by atoms with E-state index >= 15 is 0 Å². The van der Waals surface area contributed by atoms with Crippen LogP contribution in [0.15, 0.2) is 29.4 Å². The van der Waals surface area contributed by atoms with Crippen molar-refractivity contribution >= 4 is 17.7 Å². The Bertz CT molecular complexity index is 289. The molecule has 1 aromatic rings. The molecule has 0 aliphatic heterocycles. The van der Waals surface area contributed by atoms with Gasteiger partial charge in [-0.3, -0.25) is 4.79 Å². The average Bonchev–Trinajstić information content (AvgIpc) is 2.19. The van der Waals surface area contributed by atoms with E-state index in [2.05, 4.69) is 9.72 Å². The Kier molecular flexibility index (Phi) is 4.46. The third-order valence-corrected chi connectivity index (χ3v) is 2.69. The number of methoxy groups -OCH3 is 1. The van der Waals surface area contributed by atoms with Crippen LogP contribution in [0.1, 0.15) is 13.3 Å². The van der Waals surface area contributed by atoms with Crippen LogP contribution < -0.4 is 0 Å². The van der Waals surface area contributed by atoms with Crippen molar-refractivity contribution in [1.29, 1.82) is 0 Å². The Balaban J connectivity index is 2.41. The molecule has 0 bridgehead atoms. The number of carbonyl (C=O) groups is 1. The maximum atomic E-state index is 11.0. The van der Waals surface area contributed by atoms with Crippen molar-refractivity contribution in [1.82, 2.24) is 4.98 Å². The molecule has 14 heavy (non-hydrogen) atoms. The summed E-state index contributed by atoms with van der Waals surface area (Å²) in [4.78, 5) is 15.1. The summed E-state index contributed by atoms with van der Waals surface area (Å²) >= 11 is 1.58. The first kappa shape index (κ1) is 11.0. The molecule has 0 N–H and O–H groups in total. The summed E-state index contributed by atoms with van der Waals surface area (Å²) in [6.45, 7) is 1.98. The molecule has 0 aromatic carbocycles. The second-order valence-electron chi connectivity index (χ2n) is 2.88. The zero-order chi connectivity index (χ0) is 10.4. The van der Waals surface area contributed by atoms with Gasteiger partial charge in [-0.05, 0) is 12.1 Å². The zero-order valence-corrected chi connectivity index (χ0v) is 9.08. The van der Waals surface area contributed by atoms with Gasteiger partial charge in [0.15, 0.2) is 0 Å². The minimum absolute atomic E-state index is 0.180. The minimum atomic E-state index is -0.180. The van der Waals surface area contributed by atoms with E-state index in [1.165, 1.54) is 7.11 Å². The largest absolute Gasteiger partial charge is 0.469 e. The highest BCUT2D eigenvalue weighted by atomic mass is 32.2. The maximum Gasteiger partial charge on any atom is 0.306 e. The monoisotopic (exact) mass is 211 g/mol. The van der Waals surface area contributed by atoms with Crippen molar-refractivity contribution < 1.29 is 9.53 Å². The molecule has 76 valence electrons. The van der Waals surface area contributed by atoms with Crippen molar-refractivity contribution in [3.63, 3.8) is 0 Å². The lowest BCUT2D eigenvalue weighted by Crippen LogP contribution is -2.08. The molecule has 4 heteroatoms. The lowest BCUT2D eigenvalue weighted by molar-refractivity contribution is -0.140. The number of hydrogen-bond acceptors (Lipinski definition) is 4. The molecule has 1 atom stereocenters. The van der Waals surface area contributed by atoms with Crippen LogP contribution in [0, 0.1) is 0 Å². The number of esters is 1. The van der Waals surface area contributed by atoms with Crippen molar-refractivity contribution in [2.75, 3.05) is 7.11 Å². The van der Waals surface area contributed by atoms with E-state index in [0.29, 0.717) is 6.42 Å². The van der Waals surface area contributed by atoms with Crippen molar-refractivity contribution in [2.45, 2.75) is 23.6 Å². The summed E-state index contributed by atoms with van der Waals surface area (Å²) in [7, 11) is 1.40. The molecular weight excluding hydrogens is 198 g/mol. The minimum Gasteiger partial charge on any atom is -0.469 e. The molecule has 0 saturated heterocycles. The lowest BCUT2D eigenvalue weighted by Gasteiger charge is -2.08. The quantitative estimate of drug-likeness (QED) is 0.565. The fourth-order valence-electron chi connectivity index (χ4n) is 0.983. The Labute approximate surface area is 87.9 Å². The van der Waals surface area contributed by atoms with Gasteiger partial charge in [0.25, 0.3) is 0 Å². The highest BCUT2D eigenvalue weighted by Crippen LogP contribution is 2.22. The lowest BCUT2D eigenvalue weighted by atomic mass is 10.3. The van der Waals surface area contributed by atoms with Crippen molar-refractivity contribution in [2.24, 2.45) is 0 Å². The number of nitrogens with zero attached hydrogens (tertiary/aromatic N) is 1. The average molecular weight is 211 g/mol. The summed E-state index contributed by atoms with van der Waals surface area (Å²) in [5.74, 6) is -0.180. The first-order valence-corrected chi connectivity index (χ1v) is 5.25. The third kappa shape index (κ3) is 3.79. The molecule has 1 unspecified atom stereocenters. The van der Waals surface area contributed by atoms with E-state index in [4.69, 9.17) is 0 Å². The molecule has 3 nitrogen and oxygen atoms in total. The van der Waals surface area contributed by atoms with Crippen LogP contribution in [0.3, 0.4) is 0 Å². The molecule has 1 rings (SSSR count). The second kappa shape index (κ2) is 5.65. The molecule has 1 heterocycles. The van der Waals surface area contributed by atoms with Crippen LogP contribution in [0.5, 0.6) is 0 Å². The number of pyridine rings is 1. The number of ether oxygens (including phenoxy) is 1. The summed E-state index contributed by atoms with van der Waals surface area (Å²) < 4.78 is 4.59. The van der Waals surface area contributed by atoms with Gasteiger partial charge in [0, 0.05) is 11.4 Å². The topological polar surface area (TPSA) is 39.2 Å². The summed E-state index contributed by atoms with van der Waals surface area (Å²) in [6, 6.07) is 5.73. The summed E-state index contributed by atoms with van der Waals surface area (Å²) in [5, 5.41) is 1.13. The van der Waals surface area contributed by atoms with Gasteiger partial charge < -0.3 is 4.74 Å². The van der Waals surface area contributed by atoms with E-state index in [0.717, 1.165) is 5.03 Å². The van der Waals surface area contributed by atoms with Crippen LogP contribution in [0.4, 0.5) is 0 Å². The van der Waals surface area contributed by atoms with Gasteiger partial charge in [0.1, 0.15) is 0 Å². The van der Waals surface area contributed by atoms with E-state index in [-0.39, 0.29) is 11.2 Å². The molecule has 1 aromatic heterocycles. The Morgan fingerprint density at radius 3 is 3.00 bits per heavy atom. The van der Waals surface area contributed by atoms with Gasteiger partial charge >= 0.3 is 5.97 Å². The van der Waals surface area contributed by atoms with E-state index in [1.807, 2.05) is 25.1 Å². The molecule has 0 saturated carbocycles. The fraction of sp³-hybridized carbons (Fsp3) is 0.400. The molecule has 0 radical (unpaired) electrons. The third-order valence-electron chi connectivity index (χ3n) is 1.64. The molecular formula is C10H13NO2S. The number of carbonyl (C=O) groups excluding carboxylic acids is 1. The SMILES string of the molecule is COC(=O)CC(C)Sc1ccccn1. The standard InChI is InChI=1S/C10H13NO2S/c1-8(7-10(12)13-2)14-9-5-3-4-6-11-9/h3-6,8H,7H2,1-2H3. The van der Waals surface area contributed by atoms with Gasteiger partial charge in [-0.25, -0.2) is 4.98 Å². The van der Waals surface area contributed by atoms with Crippen LogP contribution in [-0.2, 0) is 9.53 Å². The second-order valence-corrected chi connectivity index (χ2v) is 4.34. The van der Waals surface area contributed by atoms with Crippen molar-refractivity contribution in [3.8, 4) is 0 Å². The molecule has 0 aliphatic rings. The van der Waals surface area contributed by atoms with Crippen LogP contribution >= 0.6 is 11.8 Å². The molecule has 0 aliphatic carbocycles.